The van der Waals surface area contributed by atoms with E-state index in [-0.39, 0.29) is 0 Å². The van der Waals surface area contributed by atoms with Gasteiger partial charge in [0, 0.05) is 16.3 Å². The first-order chi connectivity index (χ1) is 7.12. The summed E-state index contributed by atoms with van der Waals surface area (Å²) in [4.78, 5) is 0. The highest BCUT2D eigenvalue weighted by Crippen LogP contribution is 2.40. The van der Waals surface area contributed by atoms with Gasteiger partial charge in [-0.15, -0.1) is 0 Å². The summed E-state index contributed by atoms with van der Waals surface area (Å²) < 4.78 is 0. The van der Waals surface area contributed by atoms with Crippen molar-refractivity contribution in [1.82, 2.24) is 0 Å². The van der Waals surface area contributed by atoms with Crippen LogP contribution in [0.2, 0.25) is 5.02 Å². The minimum absolute atomic E-state index is 0.637. The van der Waals surface area contributed by atoms with Crippen molar-refractivity contribution < 1.29 is 5.11 Å². The van der Waals surface area contributed by atoms with Crippen LogP contribution in [0.3, 0.4) is 0 Å². The zero-order chi connectivity index (χ0) is 10.9. The number of aliphatic hydroxyl groups is 1. The molecule has 3 N–H and O–H groups in total. The Morgan fingerprint density at radius 1 is 1.20 bits per heavy atom. The Bertz CT molecular complexity index is 359. The molecular weight excluding hydrogens is 210 g/mol. The van der Waals surface area contributed by atoms with Gasteiger partial charge in [-0.05, 0) is 31.0 Å². The predicted molar refractivity (Wildman–Crippen MR) is 62.8 cm³/mol. The van der Waals surface area contributed by atoms with Crippen molar-refractivity contribution in [2.24, 2.45) is 0 Å². The molecule has 0 bridgehead atoms. The molecule has 0 atom stereocenters. The lowest BCUT2D eigenvalue weighted by molar-refractivity contribution is 0.0000883. The number of benzene rings is 1. The van der Waals surface area contributed by atoms with Crippen molar-refractivity contribution in [3.8, 4) is 0 Å². The summed E-state index contributed by atoms with van der Waals surface area (Å²) in [5.41, 5.74) is 6.57. The highest BCUT2D eigenvalue weighted by atomic mass is 35.5. The molecule has 0 spiro atoms. The Balaban J connectivity index is 2.38. The summed E-state index contributed by atoms with van der Waals surface area (Å²) in [5, 5.41) is 11.1. The number of nitrogens with two attached hydrogens (primary N) is 1. The Kier molecular flexibility index (Phi) is 2.89. The molecule has 0 aromatic heterocycles. The molecule has 1 saturated carbocycles. The van der Waals surface area contributed by atoms with E-state index < -0.39 is 5.60 Å². The number of anilines is 1. The largest absolute Gasteiger partial charge is 0.398 e. The third-order valence-electron chi connectivity index (χ3n) is 3.20. The number of hydrogen-bond donors (Lipinski definition) is 2. The van der Waals surface area contributed by atoms with E-state index in [0.717, 1.165) is 31.2 Å². The van der Waals surface area contributed by atoms with Crippen molar-refractivity contribution >= 4 is 17.3 Å². The second kappa shape index (κ2) is 4.03. The zero-order valence-electron chi connectivity index (χ0n) is 8.67. The molecule has 1 aromatic carbocycles. The third kappa shape index (κ3) is 2.11. The SMILES string of the molecule is Nc1ccc(Cl)cc1C1(O)CCCCC1. The molecule has 3 heteroatoms. The van der Waals surface area contributed by atoms with Crippen LogP contribution in [0.1, 0.15) is 37.7 Å². The second-order valence-corrected chi connectivity index (χ2v) is 4.76. The fraction of sp³-hybridized carbons (Fsp3) is 0.500. The van der Waals surface area contributed by atoms with Gasteiger partial charge in [-0.25, -0.2) is 0 Å². The molecule has 0 amide bonds. The molecule has 1 aromatic rings. The summed E-state index contributed by atoms with van der Waals surface area (Å²) in [7, 11) is 0. The topological polar surface area (TPSA) is 46.2 Å². The van der Waals surface area contributed by atoms with Gasteiger partial charge in [-0.2, -0.15) is 0 Å². The standard InChI is InChI=1S/C12H16ClNO/c13-9-4-5-11(14)10(8-9)12(15)6-2-1-3-7-12/h4-5,8,15H,1-3,6-7,14H2. The quantitative estimate of drug-likeness (QED) is 0.722. The molecule has 0 aliphatic heterocycles. The summed E-state index contributed by atoms with van der Waals surface area (Å²) >= 11 is 5.93. The van der Waals surface area contributed by atoms with E-state index >= 15 is 0 Å². The van der Waals surface area contributed by atoms with E-state index in [1.165, 1.54) is 6.42 Å². The van der Waals surface area contributed by atoms with Gasteiger partial charge in [0.2, 0.25) is 0 Å². The van der Waals surface area contributed by atoms with Crippen molar-refractivity contribution in [3.63, 3.8) is 0 Å². The maximum Gasteiger partial charge on any atom is 0.0916 e. The average molecular weight is 226 g/mol. The molecule has 1 fully saturated rings. The summed E-state index contributed by atoms with van der Waals surface area (Å²) in [5.74, 6) is 0. The van der Waals surface area contributed by atoms with Crippen molar-refractivity contribution in [2.75, 3.05) is 5.73 Å². The minimum atomic E-state index is -0.757. The normalized spacial score (nSPS) is 20.1. The van der Waals surface area contributed by atoms with Crippen molar-refractivity contribution in [2.45, 2.75) is 37.7 Å². The van der Waals surface area contributed by atoms with Gasteiger partial charge in [0.15, 0.2) is 0 Å². The maximum absolute atomic E-state index is 10.5. The number of hydrogen-bond acceptors (Lipinski definition) is 2. The van der Waals surface area contributed by atoms with Gasteiger partial charge in [0.25, 0.3) is 0 Å². The molecule has 1 aliphatic carbocycles. The Labute approximate surface area is 95.1 Å². The smallest absolute Gasteiger partial charge is 0.0916 e. The van der Waals surface area contributed by atoms with Crippen molar-refractivity contribution in [3.05, 3.63) is 28.8 Å². The van der Waals surface area contributed by atoms with Crippen molar-refractivity contribution in [1.29, 1.82) is 0 Å². The van der Waals surface area contributed by atoms with Gasteiger partial charge < -0.3 is 10.8 Å². The average Bonchev–Trinajstić information content (AvgIpc) is 2.23. The molecule has 0 unspecified atom stereocenters. The number of nitrogen functional groups attached to an aromatic ring is 1. The molecule has 0 heterocycles. The predicted octanol–water partition coefficient (Wildman–Crippen LogP) is 3.07. The molecule has 2 rings (SSSR count). The van der Waals surface area contributed by atoms with Gasteiger partial charge >= 0.3 is 0 Å². The van der Waals surface area contributed by atoms with Gasteiger partial charge in [0.05, 0.1) is 5.60 Å². The number of halogens is 1. The summed E-state index contributed by atoms with van der Waals surface area (Å²) in [6.07, 6.45) is 4.89. The minimum Gasteiger partial charge on any atom is -0.398 e. The first kappa shape index (κ1) is 10.8. The lowest BCUT2D eigenvalue weighted by atomic mass is 9.79. The molecule has 15 heavy (non-hydrogen) atoms. The van der Waals surface area contributed by atoms with E-state index in [1.54, 1.807) is 18.2 Å². The van der Waals surface area contributed by atoms with Gasteiger partial charge in [-0.3, -0.25) is 0 Å². The second-order valence-electron chi connectivity index (χ2n) is 4.32. The van der Waals surface area contributed by atoms with E-state index in [1.807, 2.05) is 0 Å². The maximum atomic E-state index is 10.5. The van der Waals surface area contributed by atoms with Gasteiger partial charge in [-0.1, -0.05) is 30.9 Å². The van der Waals surface area contributed by atoms with Crippen LogP contribution in [0, 0.1) is 0 Å². The highest BCUT2D eigenvalue weighted by molar-refractivity contribution is 6.30. The molecular formula is C12H16ClNO. The number of rotatable bonds is 1. The lowest BCUT2D eigenvalue weighted by Gasteiger charge is -2.33. The zero-order valence-corrected chi connectivity index (χ0v) is 9.43. The fourth-order valence-electron chi connectivity index (χ4n) is 2.34. The Morgan fingerprint density at radius 2 is 1.87 bits per heavy atom. The monoisotopic (exact) mass is 225 g/mol. The van der Waals surface area contributed by atoms with Crippen LogP contribution < -0.4 is 5.73 Å². The summed E-state index contributed by atoms with van der Waals surface area (Å²) in [6, 6.07) is 5.32. The van der Waals surface area contributed by atoms with Crippen LogP contribution in [0.25, 0.3) is 0 Å². The van der Waals surface area contributed by atoms with E-state index in [4.69, 9.17) is 17.3 Å². The van der Waals surface area contributed by atoms with Crippen LogP contribution in [-0.4, -0.2) is 5.11 Å². The molecule has 0 saturated heterocycles. The van der Waals surface area contributed by atoms with Crippen LogP contribution in [-0.2, 0) is 5.60 Å². The highest BCUT2D eigenvalue weighted by Gasteiger charge is 2.32. The van der Waals surface area contributed by atoms with E-state index in [2.05, 4.69) is 0 Å². The lowest BCUT2D eigenvalue weighted by Crippen LogP contribution is -2.29. The first-order valence-electron chi connectivity index (χ1n) is 5.40. The Hall–Kier alpha value is -0.730. The molecule has 1 aliphatic rings. The molecule has 82 valence electrons. The molecule has 2 nitrogen and oxygen atoms in total. The van der Waals surface area contributed by atoms with Crippen LogP contribution in [0.4, 0.5) is 5.69 Å². The summed E-state index contributed by atoms with van der Waals surface area (Å²) in [6.45, 7) is 0. The van der Waals surface area contributed by atoms with Crippen LogP contribution in [0.15, 0.2) is 18.2 Å². The van der Waals surface area contributed by atoms with Crippen LogP contribution in [0.5, 0.6) is 0 Å². The Morgan fingerprint density at radius 3 is 2.53 bits per heavy atom. The first-order valence-corrected chi connectivity index (χ1v) is 5.77. The molecule has 0 radical (unpaired) electrons. The van der Waals surface area contributed by atoms with E-state index in [0.29, 0.717) is 10.7 Å². The van der Waals surface area contributed by atoms with Gasteiger partial charge in [0.1, 0.15) is 0 Å². The fourth-order valence-corrected chi connectivity index (χ4v) is 2.51. The third-order valence-corrected chi connectivity index (χ3v) is 3.43. The van der Waals surface area contributed by atoms with Crippen LogP contribution >= 0.6 is 11.6 Å². The van der Waals surface area contributed by atoms with E-state index in [9.17, 15) is 5.11 Å².